The van der Waals surface area contributed by atoms with Gasteiger partial charge in [-0.05, 0) is 42.2 Å². The van der Waals surface area contributed by atoms with E-state index in [9.17, 15) is 9.59 Å². The van der Waals surface area contributed by atoms with Crippen LogP contribution in [0.25, 0.3) is 11.0 Å². The molecule has 0 saturated carbocycles. The summed E-state index contributed by atoms with van der Waals surface area (Å²) in [7, 11) is 0. The lowest BCUT2D eigenvalue weighted by molar-refractivity contribution is -0.122. The number of nitrogens with one attached hydrogen (secondary N) is 2. The second-order valence-corrected chi connectivity index (χ2v) is 6.93. The first-order valence-electron chi connectivity index (χ1n) is 9.00. The van der Waals surface area contributed by atoms with E-state index in [2.05, 4.69) is 15.3 Å². The average molecular weight is 365 g/mol. The Morgan fingerprint density at radius 3 is 2.44 bits per heavy atom. The van der Waals surface area contributed by atoms with Gasteiger partial charge >= 0.3 is 5.97 Å². The Bertz CT molecular complexity index is 912. The number of H-pyrrole nitrogens is 1. The molecular weight excluding hydrogens is 342 g/mol. The number of imidazole rings is 1. The zero-order chi connectivity index (χ0) is 19.4. The number of para-hydroxylation sites is 2. The van der Waals surface area contributed by atoms with Crippen LogP contribution in [0.2, 0.25) is 0 Å². The summed E-state index contributed by atoms with van der Waals surface area (Å²) in [4.78, 5) is 31.2. The number of hydrogen-bond donors (Lipinski definition) is 3. The number of aromatic nitrogens is 2. The standard InChI is InChI=1S/C21H23N3O3/c1-13(2)19(20-22-16-5-3-4-6-17(16)23-20)24-18(25)12-9-14-7-10-15(11-8-14)21(26)27/h3-8,10-11,13,19H,9,12H2,1-2H3,(H,22,23)(H,24,25)(H,26,27). The van der Waals surface area contributed by atoms with E-state index in [4.69, 9.17) is 5.11 Å². The summed E-state index contributed by atoms with van der Waals surface area (Å²) in [6.07, 6.45) is 0.881. The topological polar surface area (TPSA) is 95.1 Å². The minimum Gasteiger partial charge on any atom is -0.478 e. The first kappa shape index (κ1) is 18.6. The number of aryl methyl sites for hydroxylation is 1. The molecule has 3 rings (SSSR count). The molecule has 0 aliphatic rings. The predicted octanol–water partition coefficient (Wildman–Crippen LogP) is 3.71. The summed E-state index contributed by atoms with van der Waals surface area (Å²) in [5.41, 5.74) is 3.00. The predicted molar refractivity (Wildman–Crippen MR) is 104 cm³/mol. The lowest BCUT2D eigenvalue weighted by Gasteiger charge is -2.20. The fourth-order valence-corrected chi connectivity index (χ4v) is 2.99. The van der Waals surface area contributed by atoms with Gasteiger partial charge in [-0.1, -0.05) is 38.1 Å². The Balaban J connectivity index is 1.64. The number of hydrogen-bond acceptors (Lipinski definition) is 3. The minimum absolute atomic E-state index is 0.0588. The van der Waals surface area contributed by atoms with Crippen molar-refractivity contribution in [1.82, 2.24) is 15.3 Å². The van der Waals surface area contributed by atoms with Crippen molar-refractivity contribution < 1.29 is 14.7 Å². The molecule has 1 aromatic heterocycles. The van der Waals surface area contributed by atoms with Gasteiger partial charge in [0.1, 0.15) is 5.82 Å². The number of carbonyl (C=O) groups excluding carboxylic acids is 1. The molecule has 0 aliphatic carbocycles. The number of rotatable bonds is 7. The van der Waals surface area contributed by atoms with E-state index in [1.54, 1.807) is 24.3 Å². The largest absolute Gasteiger partial charge is 0.478 e. The Morgan fingerprint density at radius 1 is 1.11 bits per heavy atom. The molecule has 1 unspecified atom stereocenters. The zero-order valence-electron chi connectivity index (χ0n) is 15.4. The fourth-order valence-electron chi connectivity index (χ4n) is 2.99. The fraction of sp³-hybridized carbons (Fsp3) is 0.286. The van der Waals surface area contributed by atoms with Gasteiger partial charge in [-0.3, -0.25) is 4.79 Å². The van der Waals surface area contributed by atoms with Gasteiger partial charge < -0.3 is 15.4 Å². The van der Waals surface area contributed by atoms with Crippen molar-refractivity contribution >= 4 is 22.9 Å². The van der Waals surface area contributed by atoms with Crippen LogP contribution < -0.4 is 5.32 Å². The molecule has 1 amide bonds. The maximum absolute atomic E-state index is 12.4. The lowest BCUT2D eigenvalue weighted by atomic mass is 10.0. The molecule has 6 heteroatoms. The molecule has 0 fully saturated rings. The van der Waals surface area contributed by atoms with Crippen LogP contribution in [0.1, 0.15) is 48.1 Å². The Morgan fingerprint density at radius 2 is 1.81 bits per heavy atom. The number of benzene rings is 2. The van der Waals surface area contributed by atoms with Gasteiger partial charge in [0.2, 0.25) is 5.91 Å². The second kappa shape index (κ2) is 8.03. The van der Waals surface area contributed by atoms with Crippen LogP contribution in [0, 0.1) is 5.92 Å². The monoisotopic (exact) mass is 365 g/mol. The highest BCUT2D eigenvalue weighted by molar-refractivity contribution is 5.87. The molecule has 3 N–H and O–H groups in total. The Hall–Kier alpha value is -3.15. The van der Waals surface area contributed by atoms with Gasteiger partial charge in [0.05, 0.1) is 22.6 Å². The van der Waals surface area contributed by atoms with Gasteiger partial charge in [-0.2, -0.15) is 0 Å². The normalized spacial score (nSPS) is 12.3. The van der Waals surface area contributed by atoms with Crippen molar-refractivity contribution in [2.75, 3.05) is 0 Å². The minimum atomic E-state index is -0.954. The summed E-state index contributed by atoms with van der Waals surface area (Å²) in [5.74, 6) is -0.0731. The van der Waals surface area contributed by atoms with E-state index in [0.717, 1.165) is 22.4 Å². The average Bonchev–Trinajstić information content (AvgIpc) is 3.08. The van der Waals surface area contributed by atoms with Crippen LogP contribution in [-0.2, 0) is 11.2 Å². The van der Waals surface area contributed by atoms with Gasteiger partial charge in [0.25, 0.3) is 0 Å². The van der Waals surface area contributed by atoms with Crippen LogP contribution in [0.5, 0.6) is 0 Å². The van der Waals surface area contributed by atoms with Crippen LogP contribution in [0.15, 0.2) is 48.5 Å². The molecular formula is C21H23N3O3. The number of carboxylic acid groups (broad SMARTS) is 1. The Labute approximate surface area is 157 Å². The first-order chi connectivity index (χ1) is 12.9. The van der Waals surface area contributed by atoms with Crippen molar-refractivity contribution in [3.05, 3.63) is 65.5 Å². The van der Waals surface area contributed by atoms with E-state index in [1.165, 1.54) is 0 Å². The smallest absolute Gasteiger partial charge is 0.335 e. The molecule has 1 atom stereocenters. The number of carboxylic acids is 1. The van der Waals surface area contributed by atoms with Gasteiger partial charge in [0, 0.05) is 6.42 Å². The molecule has 0 aliphatic heterocycles. The third-order valence-electron chi connectivity index (χ3n) is 4.53. The highest BCUT2D eigenvalue weighted by Crippen LogP contribution is 2.22. The third kappa shape index (κ3) is 4.53. The SMILES string of the molecule is CC(C)C(NC(=O)CCc1ccc(C(=O)O)cc1)c1nc2ccccc2[nH]1. The number of nitrogens with zero attached hydrogens (tertiary/aromatic N) is 1. The van der Waals surface area contributed by atoms with Gasteiger partial charge in [0.15, 0.2) is 0 Å². The lowest BCUT2D eigenvalue weighted by Crippen LogP contribution is -2.32. The third-order valence-corrected chi connectivity index (χ3v) is 4.53. The summed E-state index contributed by atoms with van der Waals surface area (Å²) in [5, 5.41) is 12.0. The van der Waals surface area contributed by atoms with Crippen LogP contribution in [-0.4, -0.2) is 27.0 Å². The van der Waals surface area contributed by atoms with Crippen molar-refractivity contribution in [3.8, 4) is 0 Å². The van der Waals surface area contributed by atoms with Gasteiger partial charge in [-0.15, -0.1) is 0 Å². The zero-order valence-corrected chi connectivity index (χ0v) is 15.4. The molecule has 0 saturated heterocycles. The van der Waals surface area contributed by atoms with Crippen molar-refractivity contribution in [2.24, 2.45) is 5.92 Å². The number of carbonyl (C=O) groups is 2. The maximum atomic E-state index is 12.4. The van der Waals surface area contributed by atoms with E-state index in [1.807, 2.05) is 38.1 Å². The molecule has 140 valence electrons. The number of fused-ring (bicyclic) bond motifs is 1. The van der Waals surface area contributed by atoms with E-state index in [-0.39, 0.29) is 23.4 Å². The van der Waals surface area contributed by atoms with Crippen LogP contribution in [0.4, 0.5) is 0 Å². The summed E-state index contributed by atoms with van der Waals surface area (Å²) in [6.45, 7) is 4.09. The van der Waals surface area contributed by atoms with Crippen LogP contribution in [0.3, 0.4) is 0 Å². The molecule has 0 radical (unpaired) electrons. The first-order valence-corrected chi connectivity index (χ1v) is 9.00. The Kier molecular flexibility index (Phi) is 5.54. The second-order valence-electron chi connectivity index (χ2n) is 6.93. The number of amides is 1. The molecule has 0 bridgehead atoms. The summed E-state index contributed by atoms with van der Waals surface area (Å²) >= 11 is 0. The van der Waals surface area contributed by atoms with E-state index < -0.39 is 5.97 Å². The highest BCUT2D eigenvalue weighted by Gasteiger charge is 2.21. The highest BCUT2D eigenvalue weighted by atomic mass is 16.4. The van der Waals surface area contributed by atoms with Gasteiger partial charge in [-0.25, -0.2) is 9.78 Å². The molecule has 2 aromatic carbocycles. The van der Waals surface area contributed by atoms with E-state index in [0.29, 0.717) is 12.8 Å². The summed E-state index contributed by atoms with van der Waals surface area (Å²) in [6, 6.07) is 14.2. The molecule has 1 heterocycles. The van der Waals surface area contributed by atoms with Crippen molar-refractivity contribution in [3.63, 3.8) is 0 Å². The van der Waals surface area contributed by atoms with E-state index >= 15 is 0 Å². The van der Waals surface area contributed by atoms with Crippen LogP contribution >= 0.6 is 0 Å². The maximum Gasteiger partial charge on any atom is 0.335 e. The molecule has 27 heavy (non-hydrogen) atoms. The van der Waals surface area contributed by atoms with Crippen molar-refractivity contribution in [1.29, 1.82) is 0 Å². The van der Waals surface area contributed by atoms with Crippen molar-refractivity contribution in [2.45, 2.75) is 32.7 Å². The molecule has 3 aromatic rings. The number of aromatic amines is 1. The molecule has 0 spiro atoms. The molecule has 6 nitrogen and oxygen atoms in total. The number of aromatic carboxylic acids is 1. The summed E-state index contributed by atoms with van der Waals surface area (Å²) < 4.78 is 0. The quantitative estimate of drug-likeness (QED) is 0.595.